The van der Waals surface area contributed by atoms with Crippen LogP contribution in [0.3, 0.4) is 0 Å². The average Bonchev–Trinajstić information content (AvgIpc) is 2.94. The number of carbonyl (C=O) groups is 1. The number of nitrogens with zero attached hydrogens (tertiary/aromatic N) is 1. The number of ether oxygens (including phenoxy) is 1. The van der Waals surface area contributed by atoms with Crippen molar-refractivity contribution in [2.24, 2.45) is 0 Å². The molecule has 166 valence electrons. The molecule has 1 unspecified atom stereocenters. The molecule has 2 aromatic heterocycles. The number of aromatic amines is 1. The number of rotatable bonds is 3. The first-order valence-corrected chi connectivity index (χ1v) is 9.50. The summed E-state index contributed by atoms with van der Waals surface area (Å²) in [5.41, 5.74) is -3.98. The van der Waals surface area contributed by atoms with Crippen molar-refractivity contribution in [3.8, 4) is 0 Å². The molecular formula is C19H14F6N2O3S. The number of hydrogen-bond acceptors (Lipinski definition) is 5. The summed E-state index contributed by atoms with van der Waals surface area (Å²) in [7, 11) is 0. The van der Waals surface area contributed by atoms with Gasteiger partial charge in [0.05, 0.1) is 22.1 Å². The zero-order valence-electron chi connectivity index (χ0n) is 16.2. The van der Waals surface area contributed by atoms with E-state index in [2.05, 4.69) is 9.97 Å². The Kier molecular flexibility index (Phi) is 5.63. The van der Waals surface area contributed by atoms with Gasteiger partial charge in [0.25, 0.3) is 5.56 Å². The highest BCUT2D eigenvalue weighted by atomic mass is 32.1. The second-order valence-corrected chi connectivity index (χ2v) is 7.96. The van der Waals surface area contributed by atoms with E-state index in [4.69, 9.17) is 4.74 Å². The fourth-order valence-electron chi connectivity index (χ4n) is 2.82. The zero-order chi connectivity index (χ0) is 23.3. The van der Waals surface area contributed by atoms with Crippen LogP contribution in [-0.2, 0) is 17.1 Å². The van der Waals surface area contributed by atoms with E-state index in [0.717, 1.165) is 10.4 Å². The van der Waals surface area contributed by atoms with E-state index >= 15 is 0 Å². The Balaban J connectivity index is 1.96. The van der Waals surface area contributed by atoms with Crippen LogP contribution in [0.1, 0.15) is 50.8 Å². The van der Waals surface area contributed by atoms with Gasteiger partial charge in [-0.2, -0.15) is 26.3 Å². The van der Waals surface area contributed by atoms with Crippen molar-refractivity contribution in [2.45, 2.75) is 39.2 Å². The lowest BCUT2D eigenvalue weighted by atomic mass is 10.0. The number of esters is 1. The smallest absolute Gasteiger partial charge is 0.416 e. The molecule has 0 spiro atoms. The van der Waals surface area contributed by atoms with Crippen LogP contribution in [0, 0.1) is 13.8 Å². The number of alkyl halides is 6. The van der Waals surface area contributed by atoms with E-state index in [0.29, 0.717) is 10.2 Å². The Bertz CT molecular complexity index is 1190. The monoisotopic (exact) mass is 464 g/mol. The van der Waals surface area contributed by atoms with Crippen LogP contribution in [0.5, 0.6) is 0 Å². The highest BCUT2D eigenvalue weighted by Gasteiger charge is 2.38. The molecule has 3 rings (SSSR count). The summed E-state index contributed by atoms with van der Waals surface area (Å²) in [5.74, 6) is -1.51. The Labute approximate surface area is 174 Å². The molecule has 0 radical (unpaired) electrons. The van der Waals surface area contributed by atoms with E-state index in [1.165, 1.54) is 18.3 Å². The fraction of sp³-hybridized carbons (Fsp3) is 0.316. The van der Waals surface area contributed by atoms with Crippen molar-refractivity contribution in [1.82, 2.24) is 9.97 Å². The van der Waals surface area contributed by atoms with Gasteiger partial charge in [0, 0.05) is 4.88 Å². The summed E-state index contributed by atoms with van der Waals surface area (Å²) in [4.78, 5) is 32.5. The Morgan fingerprint density at radius 2 is 1.61 bits per heavy atom. The Morgan fingerprint density at radius 1 is 1.06 bits per heavy atom. The van der Waals surface area contributed by atoms with Crippen LogP contribution in [0.4, 0.5) is 26.3 Å². The number of H-pyrrole nitrogens is 1. The fourth-order valence-corrected chi connectivity index (χ4v) is 3.86. The first-order chi connectivity index (χ1) is 14.2. The molecule has 0 aliphatic carbocycles. The third kappa shape index (κ3) is 4.58. The van der Waals surface area contributed by atoms with Gasteiger partial charge < -0.3 is 9.72 Å². The molecule has 31 heavy (non-hydrogen) atoms. The lowest BCUT2D eigenvalue weighted by Crippen LogP contribution is -2.18. The Hall–Kier alpha value is -2.89. The molecule has 3 aromatic rings. The summed E-state index contributed by atoms with van der Waals surface area (Å²) in [5, 5.41) is 0.359. The van der Waals surface area contributed by atoms with Crippen molar-refractivity contribution >= 4 is 27.5 Å². The number of fused-ring (bicyclic) bond motifs is 1. The van der Waals surface area contributed by atoms with Crippen molar-refractivity contribution in [1.29, 1.82) is 0 Å². The molecule has 0 saturated heterocycles. The molecule has 0 saturated carbocycles. The first-order valence-electron chi connectivity index (χ1n) is 8.69. The van der Waals surface area contributed by atoms with Gasteiger partial charge in [0.1, 0.15) is 4.83 Å². The molecule has 1 aromatic carbocycles. The van der Waals surface area contributed by atoms with Crippen molar-refractivity contribution in [3.63, 3.8) is 0 Å². The number of nitrogens with one attached hydrogen (secondary N) is 1. The molecule has 1 atom stereocenters. The van der Waals surface area contributed by atoms with Crippen molar-refractivity contribution in [3.05, 3.63) is 61.5 Å². The molecule has 0 amide bonds. The minimum Gasteiger partial charge on any atom is -0.451 e. The predicted molar refractivity (Wildman–Crippen MR) is 100.0 cm³/mol. The van der Waals surface area contributed by atoms with Crippen molar-refractivity contribution in [2.75, 3.05) is 0 Å². The van der Waals surface area contributed by atoms with Gasteiger partial charge in [-0.25, -0.2) is 9.78 Å². The zero-order valence-corrected chi connectivity index (χ0v) is 17.0. The normalized spacial score (nSPS) is 13.5. The second-order valence-electron chi connectivity index (χ2n) is 6.76. The highest BCUT2D eigenvalue weighted by Crippen LogP contribution is 2.36. The maximum Gasteiger partial charge on any atom is 0.416 e. The summed E-state index contributed by atoms with van der Waals surface area (Å²) >= 11 is 1.23. The molecular weight excluding hydrogens is 450 g/mol. The number of thiophene rings is 1. The largest absolute Gasteiger partial charge is 0.451 e. The SMILES string of the molecule is Cc1sc2nc(C(C)OC(=O)c3cc(C(F)(F)F)cc(C(F)(F)F)c3)[nH]c(=O)c2c1C. The average molecular weight is 464 g/mol. The quantitative estimate of drug-likeness (QED) is 0.407. The number of aryl methyl sites for hydroxylation is 2. The molecule has 5 nitrogen and oxygen atoms in total. The third-order valence-electron chi connectivity index (χ3n) is 4.55. The van der Waals surface area contributed by atoms with Crippen LogP contribution in [-0.4, -0.2) is 15.9 Å². The lowest BCUT2D eigenvalue weighted by molar-refractivity contribution is -0.143. The summed E-state index contributed by atoms with van der Waals surface area (Å²) in [6, 6.07) is 0.458. The van der Waals surface area contributed by atoms with Gasteiger partial charge in [-0.3, -0.25) is 4.79 Å². The Morgan fingerprint density at radius 3 is 2.13 bits per heavy atom. The standard InChI is InChI=1S/C19H14F6N2O3S/c1-7-9(3)31-16-13(7)15(28)26-14(27-16)8(2)30-17(29)10-4-11(18(20,21)22)6-12(5-10)19(23,24)25/h4-6,8H,1-3H3,(H,26,27,28). The lowest BCUT2D eigenvalue weighted by Gasteiger charge is -2.16. The van der Waals surface area contributed by atoms with Gasteiger partial charge in [0.15, 0.2) is 11.9 Å². The number of halogens is 6. The molecule has 2 heterocycles. The van der Waals surface area contributed by atoms with Gasteiger partial charge in [-0.05, 0) is 44.5 Å². The topological polar surface area (TPSA) is 72.0 Å². The van der Waals surface area contributed by atoms with Crippen LogP contribution in [0.25, 0.3) is 10.2 Å². The van der Waals surface area contributed by atoms with E-state index in [1.807, 2.05) is 0 Å². The molecule has 0 fully saturated rings. The summed E-state index contributed by atoms with van der Waals surface area (Å²) < 4.78 is 82.9. The number of hydrogen-bond donors (Lipinski definition) is 1. The number of benzene rings is 1. The maximum absolute atomic E-state index is 13.0. The van der Waals surface area contributed by atoms with Gasteiger partial charge in [-0.15, -0.1) is 11.3 Å². The van der Waals surface area contributed by atoms with Gasteiger partial charge in [-0.1, -0.05) is 0 Å². The third-order valence-corrected chi connectivity index (χ3v) is 5.65. The minimum atomic E-state index is -5.10. The number of carbonyl (C=O) groups excluding carboxylic acids is 1. The van der Waals surface area contributed by atoms with E-state index in [1.54, 1.807) is 13.8 Å². The summed E-state index contributed by atoms with van der Waals surface area (Å²) in [6.45, 7) is 4.81. The van der Waals surface area contributed by atoms with Crippen LogP contribution >= 0.6 is 11.3 Å². The highest BCUT2D eigenvalue weighted by molar-refractivity contribution is 7.18. The first kappa shape index (κ1) is 22.8. The van der Waals surface area contributed by atoms with E-state index in [9.17, 15) is 35.9 Å². The number of aromatic nitrogens is 2. The molecule has 12 heteroatoms. The van der Waals surface area contributed by atoms with E-state index in [-0.39, 0.29) is 24.0 Å². The van der Waals surface area contributed by atoms with E-state index < -0.39 is 46.7 Å². The molecule has 0 aliphatic heterocycles. The minimum absolute atomic E-state index is 0.0879. The van der Waals surface area contributed by atoms with Crippen LogP contribution < -0.4 is 5.56 Å². The molecule has 0 aliphatic rings. The van der Waals surface area contributed by atoms with Gasteiger partial charge in [0.2, 0.25) is 0 Å². The second kappa shape index (κ2) is 7.66. The maximum atomic E-state index is 13.0. The van der Waals surface area contributed by atoms with Crippen LogP contribution in [0.2, 0.25) is 0 Å². The summed E-state index contributed by atoms with van der Waals surface area (Å²) in [6.07, 6.45) is -11.4. The van der Waals surface area contributed by atoms with Crippen molar-refractivity contribution < 1.29 is 35.9 Å². The van der Waals surface area contributed by atoms with Gasteiger partial charge >= 0.3 is 18.3 Å². The molecule has 0 bridgehead atoms. The molecule has 1 N–H and O–H groups in total. The predicted octanol–water partition coefficient (Wildman–Crippen LogP) is 5.56. The van der Waals surface area contributed by atoms with Crippen LogP contribution in [0.15, 0.2) is 23.0 Å².